The van der Waals surface area contributed by atoms with E-state index in [2.05, 4.69) is 0 Å². The molecule has 0 aromatic rings. The maximum atomic E-state index is 11.2. The molecule has 0 aliphatic rings. The Labute approximate surface area is 73.9 Å². The number of alkyl halides is 3. The van der Waals surface area contributed by atoms with Gasteiger partial charge >= 0.3 is 33.0 Å². The average Bonchev–Trinajstić information content (AvgIpc) is 1.31. The van der Waals surface area contributed by atoms with Crippen LogP contribution in [0.3, 0.4) is 0 Å². The highest BCUT2D eigenvalue weighted by molar-refractivity contribution is 14.1. The standard InChI is InChI=1S/C2HF2IO2.Mg.2H/c3-2(4,5)1(6)7;;;/h(H,6,7);;;. The van der Waals surface area contributed by atoms with E-state index in [1.165, 1.54) is 0 Å². The Morgan fingerprint density at radius 1 is 1.62 bits per heavy atom. The predicted octanol–water partition coefficient (Wildman–Crippen LogP) is 0.183. The highest BCUT2D eigenvalue weighted by Crippen LogP contribution is 2.21. The molecule has 6 heteroatoms. The largest absolute Gasteiger partial charge is 0.476 e. The van der Waals surface area contributed by atoms with Gasteiger partial charge in [0.25, 0.3) is 0 Å². The van der Waals surface area contributed by atoms with Crippen molar-refractivity contribution in [2.45, 2.75) is 3.93 Å². The zero-order valence-corrected chi connectivity index (χ0v) is 5.15. The van der Waals surface area contributed by atoms with Gasteiger partial charge in [0.2, 0.25) is 0 Å². The van der Waals surface area contributed by atoms with E-state index >= 15 is 0 Å². The third-order valence-corrected chi connectivity index (χ3v) is 0.704. The van der Waals surface area contributed by atoms with E-state index in [4.69, 9.17) is 5.11 Å². The summed E-state index contributed by atoms with van der Waals surface area (Å²) >= 11 is 0.534. The molecule has 0 saturated heterocycles. The van der Waals surface area contributed by atoms with Crippen LogP contribution in [0.5, 0.6) is 0 Å². The monoisotopic (exact) mass is 248 g/mol. The molecule has 0 heterocycles. The summed E-state index contributed by atoms with van der Waals surface area (Å²) in [6.45, 7) is 0. The lowest BCUT2D eigenvalue weighted by atomic mass is 10.7. The molecule has 1 N–H and O–H groups in total. The molecule has 0 bridgehead atoms. The molecule has 0 radical (unpaired) electrons. The number of carboxylic acids is 1. The molecule has 0 fully saturated rings. The van der Waals surface area contributed by atoms with Gasteiger partial charge in [0, 0.05) is 22.6 Å². The van der Waals surface area contributed by atoms with Crippen LogP contribution >= 0.6 is 22.6 Å². The molecule has 0 aliphatic carbocycles. The van der Waals surface area contributed by atoms with Crippen LogP contribution in [0.25, 0.3) is 0 Å². The predicted molar refractivity (Wildman–Crippen MR) is 35.1 cm³/mol. The summed E-state index contributed by atoms with van der Waals surface area (Å²) in [5, 5.41) is 7.49. The summed E-state index contributed by atoms with van der Waals surface area (Å²) in [4.78, 5) is 9.26. The maximum Gasteiger partial charge on any atom is 0.390 e. The second kappa shape index (κ2) is 3.78. The molecule has 2 nitrogen and oxygen atoms in total. The zero-order valence-electron chi connectivity index (χ0n) is 2.99. The van der Waals surface area contributed by atoms with E-state index in [1.807, 2.05) is 0 Å². The Morgan fingerprint density at radius 2 is 1.75 bits per heavy atom. The fourth-order valence-electron chi connectivity index (χ4n) is 0. The molecule has 0 aromatic carbocycles. The average molecular weight is 248 g/mol. The Hall–Kier alpha value is 0.826. The van der Waals surface area contributed by atoms with Gasteiger partial charge in [-0.3, -0.25) is 0 Å². The topological polar surface area (TPSA) is 37.3 Å². The van der Waals surface area contributed by atoms with E-state index in [-0.39, 0.29) is 23.1 Å². The van der Waals surface area contributed by atoms with Crippen molar-refractivity contribution in [3.8, 4) is 0 Å². The van der Waals surface area contributed by atoms with Crippen LogP contribution in [-0.2, 0) is 4.79 Å². The highest BCUT2D eigenvalue weighted by Gasteiger charge is 2.33. The van der Waals surface area contributed by atoms with E-state index in [0.717, 1.165) is 0 Å². The lowest BCUT2D eigenvalue weighted by molar-refractivity contribution is -0.151. The van der Waals surface area contributed by atoms with Crippen LogP contribution in [0.2, 0.25) is 0 Å². The third-order valence-electron chi connectivity index (χ3n) is 0.243. The molecule has 8 heavy (non-hydrogen) atoms. The van der Waals surface area contributed by atoms with Crippen molar-refractivity contribution >= 4 is 51.6 Å². The van der Waals surface area contributed by atoms with Gasteiger partial charge in [-0.2, -0.15) is 8.78 Å². The van der Waals surface area contributed by atoms with Gasteiger partial charge in [0.05, 0.1) is 0 Å². The van der Waals surface area contributed by atoms with Crippen LogP contribution in [0.4, 0.5) is 8.78 Å². The van der Waals surface area contributed by atoms with Gasteiger partial charge in [0.1, 0.15) is 0 Å². The van der Waals surface area contributed by atoms with Gasteiger partial charge in [-0.05, 0) is 0 Å². The van der Waals surface area contributed by atoms with Crippen molar-refractivity contribution < 1.29 is 18.7 Å². The minimum Gasteiger partial charge on any atom is -0.476 e. The molecule has 46 valence electrons. The molecule has 0 unspecified atom stereocenters. The number of carboxylic acid groups (broad SMARTS) is 1. The first kappa shape index (κ1) is 11.6. The van der Waals surface area contributed by atoms with Crippen molar-refractivity contribution in [2.24, 2.45) is 0 Å². The Morgan fingerprint density at radius 3 is 1.75 bits per heavy atom. The van der Waals surface area contributed by atoms with E-state index < -0.39 is 9.90 Å². The number of rotatable bonds is 1. The fraction of sp³-hybridized carbons (Fsp3) is 0.500. The lowest BCUT2D eigenvalue weighted by Gasteiger charge is -1.96. The molecular weight excluding hydrogens is 245 g/mol. The molecular formula is C2H3F2IMgO2. The minimum absolute atomic E-state index is 0. The first-order chi connectivity index (χ1) is 2.94. The Kier molecular flexibility index (Phi) is 5.48. The molecule has 0 amide bonds. The first-order valence-electron chi connectivity index (χ1n) is 1.24. The number of carbonyl (C=O) groups is 1. The highest BCUT2D eigenvalue weighted by atomic mass is 127. The second-order valence-electron chi connectivity index (χ2n) is 0.803. The lowest BCUT2D eigenvalue weighted by Crippen LogP contribution is -2.18. The van der Waals surface area contributed by atoms with Gasteiger partial charge in [-0.1, -0.05) is 0 Å². The number of hydrogen-bond donors (Lipinski definition) is 1. The maximum absolute atomic E-state index is 11.2. The van der Waals surface area contributed by atoms with Crippen LogP contribution in [0.15, 0.2) is 0 Å². The van der Waals surface area contributed by atoms with Crippen LogP contribution in [0, 0.1) is 0 Å². The molecule has 0 rings (SSSR count). The number of aliphatic carboxylic acids is 1. The summed E-state index contributed by atoms with van der Waals surface area (Å²) < 4.78 is 18.9. The summed E-state index contributed by atoms with van der Waals surface area (Å²) in [5.41, 5.74) is 0. The Balaban J connectivity index is 0. The SMILES string of the molecule is O=C(O)C(F)(F)I.[MgH2]. The smallest absolute Gasteiger partial charge is 0.390 e. The van der Waals surface area contributed by atoms with Crippen molar-refractivity contribution in [1.29, 1.82) is 0 Å². The number of hydrogen-bond acceptors (Lipinski definition) is 1. The summed E-state index contributed by atoms with van der Waals surface area (Å²) in [6.07, 6.45) is 0. The zero-order chi connectivity index (χ0) is 6.08. The summed E-state index contributed by atoms with van der Waals surface area (Å²) in [5.74, 6) is -2.10. The first-order valence-corrected chi connectivity index (χ1v) is 2.32. The van der Waals surface area contributed by atoms with Crippen LogP contribution < -0.4 is 0 Å². The molecule has 0 aromatic heterocycles. The second-order valence-corrected chi connectivity index (χ2v) is 2.16. The van der Waals surface area contributed by atoms with Crippen molar-refractivity contribution in [1.82, 2.24) is 0 Å². The molecule has 0 atom stereocenters. The van der Waals surface area contributed by atoms with E-state index in [0.29, 0.717) is 22.6 Å². The van der Waals surface area contributed by atoms with Crippen molar-refractivity contribution in [3.63, 3.8) is 0 Å². The quantitative estimate of drug-likeness (QED) is 0.408. The van der Waals surface area contributed by atoms with Gasteiger partial charge in [0.15, 0.2) is 0 Å². The van der Waals surface area contributed by atoms with Gasteiger partial charge < -0.3 is 5.11 Å². The van der Waals surface area contributed by atoms with Crippen LogP contribution in [-0.4, -0.2) is 38.1 Å². The van der Waals surface area contributed by atoms with Crippen molar-refractivity contribution in [2.75, 3.05) is 0 Å². The third kappa shape index (κ3) is 4.97. The normalized spacial score (nSPS) is 9.88. The number of halogens is 3. The molecule has 0 saturated carbocycles. The van der Waals surface area contributed by atoms with Gasteiger partial charge in [-0.15, -0.1) is 0 Å². The van der Waals surface area contributed by atoms with E-state index in [1.54, 1.807) is 0 Å². The summed E-state index contributed by atoms with van der Waals surface area (Å²) in [6, 6.07) is 0. The van der Waals surface area contributed by atoms with E-state index in [9.17, 15) is 13.6 Å². The minimum atomic E-state index is -3.61. The molecule has 0 spiro atoms. The fourth-order valence-corrected chi connectivity index (χ4v) is 0. The Bertz CT molecular complexity index is 90.5. The van der Waals surface area contributed by atoms with Gasteiger partial charge in [-0.25, -0.2) is 4.79 Å². The molecule has 0 aliphatic heterocycles. The van der Waals surface area contributed by atoms with Crippen molar-refractivity contribution in [3.05, 3.63) is 0 Å². The summed E-state index contributed by atoms with van der Waals surface area (Å²) in [7, 11) is 0. The van der Waals surface area contributed by atoms with Crippen LogP contribution in [0.1, 0.15) is 0 Å².